The Morgan fingerprint density at radius 1 is 1.40 bits per heavy atom. The minimum Gasteiger partial charge on any atom is -0.355 e. The highest BCUT2D eigenvalue weighted by molar-refractivity contribution is 9.09. The van der Waals surface area contributed by atoms with Crippen LogP contribution in [0.25, 0.3) is 0 Å². The van der Waals surface area contributed by atoms with Crippen molar-refractivity contribution in [3.8, 4) is 0 Å². The molecule has 2 nitrogen and oxygen atoms in total. The quantitative estimate of drug-likeness (QED) is 0.768. The Hall–Kier alpha value is -0.0500. The first kappa shape index (κ1) is 13.0. The third-order valence-electron chi connectivity index (χ3n) is 3.29. The van der Waals surface area contributed by atoms with Gasteiger partial charge < -0.3 is 5.32 Å². The number of hydrogen-bond acceptors (Lipinski definition) is 1. The van der Waals surface area contributed by atoms with Crippen molar-refractivity contribution in [2.45, 2.75) is 46.0 Å². The summed E-state index contributed by atoms with van der Waals surface area (Å²) >= 11 is 3.18. The largest absolute Gasteiger partial charge is 0.355 e. The van der Waals surface area contributed by atoms with E-state index in [0.29, 0.717) is 10.7 Å². The molecule has 0 unspecified atom stereocenters. The maximum absolute atomic E-state index is 11.2. The predicted octanol–water partition coefficient (Wildman–Crippen LogP) is 3.10. The lowest BCUT2D eigenvalue weighted by atomic mass is 9.78. The average Bonchev–Trinajstić information content (AvgIpc) is 2.62. The highest BCUT2D eigenvalue weighted by Gasteiger charge is 2.34. The predicted molar refractivity (Wildman–Crippen MR) is 67.2 cm³/mol. The Bertz CT molecular complexity index is 210. The third-order valence-corrected chi connectivity index (χ3v) is 3.80. The van der Waals surface area contributed by atoms with E-state index in [2.05, 4.69) is 35.1 Å². The lowest BCUT2D eigenvalue weighted by Crippen LogP contribution is -2.37. The summed E-state index contributed by atoms with van der Waals surface area (Å²) < 4.78 is 0. The maximum Gasteiger partial charge on any atom is 0.230 e. The van der Waals surface area contributed by atoms with E-state index < -0.39 is 0 Å². The second kappa shape index (κ2) is 5.88. The molecule has 88 valence electrons. The van der Waals surface area contributed by atoms with E-state index >= 15 is 0 Å². The average molecular weight is 276 g/mol. The highest BCUT2D eigenvalue weighted by Crippen LogP contribution is 2.42. The van der Waals surface area contributed by atoms with Crippen LogP contribution in [-0.4, -0.2) is 17.8 Å². The number of alkyl halides is 1. The van der Waals surface area contributed by atoms with Gasteiger partial charge in [-0.2, -0.15) is 0 Å². The van der Waals surface area contributed by atoms with E-state index in [1.54, 1.807) is 0 Å². The standard InChI is InChI=1S/C12H22BrNO/c1-10(2)7-12(5-3-4-6-12)9-14-11(15)8-13/h10H,3-9H2,1-2H3,(H,14,15). The van der Waals surface area contributed by atoms with Crippen LogP contribution < -0.4 is 5.32 Å². The Labute approximate surface area is 101 Å². The van der Waals surface area contributed by atoms with E-state index in [9.17, 15) is 4.79 Å². The molecule has 0 saturated heterocycles. The number of carbonyl (C=O) groups is 1. The van der Waals surface area contributed by atoms with Crippen molar-refractivity contribution in [3.63, 3.8) is 0 Å². The SMILES string of the molecule is CC(C)CC1(CNC(=O)CBr)CCCC1. The Morgan fingerprint density at radius 2 is 2.00 bits per heavy atom. The first-order chi connectivity index (χ1) is 7.08. The molecule has 1 N–H and O–H groups in total. The summed E-state index contributed by atoms with van der Waals surface area (Å²) in [4.78, 5) is 11.2. The Balaban J connectivity index is 2.46. The van der Waals surface area contributed by atoms with Crippen molar-refractivity contribution < 1.29 is 4.79 Å². The van der Waals surface area contributed by atoms with Gasteiger partial charge in [-0.15, -0.1) is 0 Å². The van der Waals surface area contributed by atoms with Gasteiger partial charge in [-0.3, -0.25) is 4.79 Å². The molecule has 1 aliphatic carbocycles. The molecule has 0 bridgehead atoms. The maximum atomic E-state index is 11.2. The number of carbonyl (C=O) groups excluding carboxylic acids is 1. The van der Waals surface area contributed by atoms with Gasteiger partial charge in [0.2, 0.25) is 5.91 Å². The van der Waals surface area contributed by atoms with E-state index in [-0.39, 0.29) is 5.91 Å². The molecule has 1 amide bonds. The fourth-order valence-corrected chi connectivity index (χ4v) is 2.98. The van der Waals surface area contributed by atoms with Crippen LogP contribution in [0.3, 0.4) is 0 Å². The molecular weight excluding hydrogens is 254 g/mol. The monoisotopic (exact) mass is 275 g/mol. The molecule has 0 atom stereocenters. The highest BCUT2D eigenvalue weighted by atomic mass is 79.9. The van der Waals surface area contributed by atoms with Gasteiger partial charge in [-0.25, -0.2) is 0 Å². The molecule has 0 aromatic heterocycles. The second-order valence-corrected chi connectivity index (χ2v) is 5.78. The van der Waals surface area contributed by atoms with E-state index in [1.165, 1.54) is 32.1 Å². The molecule has 15 heavy (non-hydrogen) atoms. The molecule has 0 heterocycles. The van der Waals surface area contributed by atoms with Gasteiger partial charge >= 0.3 is 0 Å². The summed E-state index contributed by atoms with van der Waals surface area (Å²) in [6, 6.07) is 0. The zero-order chi connectivity index (χ0) is 11.3. The van der Waals surface area contributed by atoms with Crippen LogP contribution in [0, 0.1) is 11.3 Å². The minimum atomic E-state index is 0.116. The second-order valence-electron chi connectivity index (χ2n) is 5.22. The topological polar surface area (TPSA) is 29.1 Å². The first-order valence-corrected chi connectivity index (χ1v) is 7.03. The summed E-state index contributed by atoms with van der Waals surface area (Å²) in [6.45, 7) is 5.41. The lowest BCUT2D eigenvalue weighted by Gasteiger charge is -2.31. The number of amides is 1. The van der Waals surface area contributed by atoms with E-state index in [4.69, 9.17) is 0 Å². The van der Waals surface area contributed by atoms with Crippen LogP contribution in [0.5, 0.6) is 0 Å². The summed E-state index contributed by atoms with van der Waals surface area (Å²) in [5.41, 5.74) is 0.395. The van der Waals surface area contributed by atoms with Gasteiger partial charge in [-0.1, -0.05) is 42.6 Å². The number of halogens is 1. The van der Waals surface area contributed by atoms with Gasteiger partial charge in [0.25, 0.3) is 0 Å². The normalized spacial score (nSPS) is 19.5. The van der Waals surface area contributed by atoms with Gasteiger partial charge in [0.1, 0.15) is 0 Å². The first-order valence-electron chi connectivity index (χ1n) is 5.91. The van der Waals surface area contributed by atoms with Gasteiger partial charge in [0.05, 0.1) is 5.33 Å². The van der Waals surface area contributed by atoms with E-state index in [1.807, 2.05) is 0 Å². The number of hydrogen-bond donors (Lipinski definition) is 1. The van der Waals surface area contributed by atoms with Crippen molar-refractivity contribution in [1.82, 2.24) is 5.32 Å². The van der Waals surface area contributed by atoms with E-state index in [0.717, 1.165) is 12.5 Å². The fourth-order valence-electron chi connectivity index (χ4n) is 2.78. The summed E-state index contributed by atoms with van der Waals surface area (Å²) in [7, 11) is 0. The van der Waals surface area contributed by atoms with Crippen molar-refractivity contribution in [1.29, 1.82) is 0 Å². The molecule has 0 radical (unpaired) electrons. The van der Waals surface area contributed by atoms with Crippen molar-refractivity contribution in [2.24, 2.45) is 11.3 Å². The van der Waals surface area contributed by atoms with Crippen molar-refractivity contribution >= 4 is 21.8 Å². The third kappa shape index (κ3) is 4.13. The molecule has 0 aromatic rings. The smallest absolute Gasteiger partial charge is 0.230 e. The molecule has 1 saturated carbocycles. The van der Waals surface area contributed by atoms with Crippen LogP contribution in [0.15, 0.2) is 0 Å². The Kier molecular flexibility index (Phi) is 5.10. The number of nitrogens with one attached hydrogen (secondary N) is 1. The van der Waals surface area contributed by atoms with Crippen molar-refractivity contribution in [3.05, 3.63) is 0 Å². The Morgan fingerprint density at radius 3 is 2.47 bits per heavy atom. The number of rotatable bonds is 5. The summed E-state index contributed by atoms with van der Waals surface area (Å²) in [5, 5.41) is 3.46. The zero-order valence-electron chi connectivity index (χ0n) is 9.81. The zero-order valence-corrected chi connectivity index (χ0v) is 11.4. The molecule has 0 aromatic carbocycles. The van der Waals surface area contributed by atoms with Crippen molar-refractivity contribution in [2.75, 3.05) is 11.9 Å². The molecule has 3 heteroatoms. The van der Waals surface area contributed by atoms with Gasteiger partial charge in [0.15, 0.2) is 0 Å². The van der Waals surface area contributed by atoms with Crippen LogP contribution in [0.2, 0.25) is 0 Å². The molecule has 0 spiro atoms. The molecule has 1 aliphatic rings. The van der Waals surface area contributed by atoms with Gasteiger partial charge in [-0.05, 0) is 30.6 Å². The molecule has 0 aliphatic heterocycles. The minimum absolute atomic E-state index is 0.116. The summed E-state index contributed by atoms with van der Waals surface area (Å²) in [6.07, 6.45) is 6.48. The molecule has 1 rings (SSSR count). The molecular formula is C12H22BrNO. The van der Waals surface area contributed by atoms with Gasteiger partial charge in [0, 0.05) is 6.54 Å². The molecule has 1 fully saturated rings. The fraction of sp³-hybridized carbons (Fsp3) is 0.917. The van der Waals surface area contributed by atoms with Crippen LogP contribution in [0.1, 0.15) is 46.0 Å². The summed E-state index contributed by atoms with van der Waals surface area (Å²) in [5.74, 6) is 0.842. The van der Waals surface area contributed by atoms with Crippen LogP contribution in [0.4, 0.5) is 0 Å². The van der Waals surface area contributed by atoms with Crippen LogP contribution in [-0.2, 0) is 4.79 Å². The van der Waals surface area contributed by atoms with Crippen LogP contribution >= 0.6 is 15.9 Å². The lowest BCUT2D eigenvalue weighted by molar-refractivity contribution is -0.119.